The number of hydrogen-bond acceptors (Lipinski definition) is 3. The minimum atomic E-state index is -0.321. The summed E-state index contributed by atoms with van der Waals surface area (Å²) in [7, 11) is 0. The second-order valence-corrected chi connectivity index (χ2v) is 4.35. The van der Waals surface area contributed by atoms with E-state index in [0.29, 0.717) is 5.92 Å². The van der Waals surface area contributed by atoms with E-state index >= 15 is 0 Å². The van der Waals surface area contributed by atoms with Crippen molar-refractivity contribution >= 4 is 21.8 Å². The quantitative estimate of drug-likeness (QED) is 0.809. The summed E-state index contributed by atoms with van der Waals surface area (Å²) in [5.74, 6) is 0.0447. The number of hydrogen-bond donors (Lipinski definition) is 2. The Morgan fingerprint density at radius 2 is 2.25 bits per heavy atom. The van der Waals surface area contributed by atoms with Gasteiger partial charge in [-0.25, -0.2) is 5.10 Å². The van der Waals surface area contributed by atoms with Crippen molar-refractivity contribution in [1.29, 1.82) is 0 Å². The number of H-pyrrole nitrogens is 1. The van der Waals surface area contributed by atoms with Crippen LogP contribution in [0.25, 0.3) is 0 Å². The summed E-state index contributed by atoms with van der Waals surface area (Å²) in [6.07, 6.45) is 0. The summed E-state index contributed by atoms with van der Waals surface area (Å²) in [6.45, 7) is 3.95. The SMILES string of the molecule is CC(CBr)C(C)NC(=O)c1ccc(=O)[nH]n1. The fourth-order valence-corrected chi connectivity index (χ4v) is 1.59. The number of aromatic nitrogens is 2. The first-order chi connectivity index (χ1) is 7.54. The molecule has 1 amide bonds. The predicted molar refractivity (Wildman–Crippen MR) is 64.7 cm³/mol. The van der Waals surface area contributed by atoms with Crippen molar-refractivity contribution in [2.45, 2.75) is 19.9 Å². The summed E-state index contributed by atoms with van der Waals surface area (Å²) in [6, 6.07) is 2.72. The monoisotopic (exact) mass is 287 g/mol. The average Bonchev–Trinajstić information content (AvgIpc) is 2.28. The van der Waals surface area contributed by atoms with Gasteiger partial charge in [0.25, 0.3) is 11.5 Å². The van der Waals surface area contributed by atoms with Gasteiger partial charge in [-0.3, -0.25) is 9.59 Å². The van der Waals surface area contributed by atoms with Crippen LogP contribution in [-0.2, 0) is 0 Å². The highest BCUT2D eigenvalue weighted by Crippen LogP contribution is 2.06. The first kappa shape index (κ1) is 12.9. The van der Waals surface area contributed by atoms with Crippen molar-refractivity contribution in [1.82, 2.24) is 15.5 Å². The van der Waals surface area contributed by atoms with Crippen LogP contribution < -0.4 is 10.9 Å². The molecule has 0 aliphatic rings. The molecule has 16 heavy (non-hydrogen) atoms. The average molecular weight is 288 g/mol. The van der Waals surface area contributed by atoms with Crippen LogP contribution >= 0.6 is 15.9 Å². The topological polar surface area (TPSA) is 74.8 Å². The molecule has 0 saturated heterocycles. The lowest BCUT2D eigenvalue weighted by molar-refractivity contribution is 0.0925. The van der Waals surface area contributed by atoms with Crippen molar-refractivity contribution < 1.29 is 4.79 Å². The summed E-state index contributed by atoms with van der Waals surface area (Å²) < 4.78 is 0. The highest BCUT2D eigenvalue weighted by molar-refractivity contribution is 9.09. The van der Waals surface area contributed by atoms with Crippen LogP contribution in [0.15, 0.2) is 16.9 Å². The molecule has 0 fully saturated rings. The van der Waals surface area contributed by atoms with E-state index in [1.807, 2.05) is 13.8 Å². The summed E-state index contributed by atoms with van der Waals surface area (Å²) in [4.78, 5) is 22.4. The molecule has 0 saturated carbocycles. The minimum Gasteiger partial charge on any atom is -0.348 e. The second kappa shape index (κ2) is 5.79. The summed E-state index contributed by atoms with van der Waals surface area (Å²) in [5.41, 5.74) is -0.105. The largest absolute Gasteiger partial charge is 0.348 e. The molecule has 5 nitrogen and oxygen atoms in total. The molecule has 0 aliphatic carbocycles. The highest BCUT2D eigenvalue weighted by atomic mass is 79.9. The first-order valence-corrected chi connectivity index (χ1v) is 6.09. The van der Waals surface area contributed by atoms with E-state index in [1.165, 1.54) is 12.1 Å². The van der Waals surface area contributed by atoms with Crippen molar-refractivity contribution in [3.8, 4) is 0 Å². The maximum atomic E-state index is 11.7. The van der Waals surface area contributed by atoms with Gasteiger partial charge in [0.1, 0.15) is 5.69 Å². The molecule has 1 rings (SSSR count). The second-order valence-electron chi connectivity index (χ2n) is 3.70. The lowest BCUT2D eigenvalue weighted by Gasteiger charge is -2.18. The van der Waals surface area contributed by atoms with Gasteiger partial charge in [-0.05, 0) is 18.9 Å². The zero-order valence-electron chi connectivity index (χ0n) is 9.16. The Kier molecular flexibility index (Phi) is 4.67. The van der Waals surface area contributed by atoms with E-state index in [9.17, 15) is 9.59 Å². The normalized spacial score (nSPS) is 14.2. The summed E-state index contributed by atoms with van der Waals surface area (Å²) in [5, 5.41) is 9.50. The molecule has 2 N–H and O–H groups in total. The van der Waals surface area contributed by atoms with Gasteiger partial charge in [0, 0.05) is 17.4 Å². The van der Waals surface area contributed by atoms with Gasteiger partial charge < -0.3 is 5.32 Å². The van der Waals surface area contributed by atoms with Crippen molar-refractivity contribution in [3.05, 3.63) is 28.2 Å². The van der Waals surface area contributed by atoms with Gasteiger partial charge in [0.05, 0.1) is 0 Å². The molecule has 88 valence electrons. The lowest BCUT2D eigenvalue weighted by Crippen LogP contribution is -2.38. The highest BCUT2D eigenvalue weighted by Gasteiger charge is 2.15. The van der Waals surface area contributed by atoms with Crippen molar-refractivity contribution in [2.24, 2.45) is 5.92 Å². The zero-order valence-corrected chi connectivity index (χ0v) is 10.7. The van der Waals surface area contributed by atoms with E-state index in [4.69, 9.17) is 0 Å². The Balaban J connectivity index is 2.65. The van der Waals surface area contributed by atoms with Crippen LogP contribution in [-0.4, -0.2) is 27.5 Å². The van der Waals surface area contributed by atoms with Gasteiger partial charge in [0.15, 0.2) is 0 Å². The van der Waals surface area contributed by atoms with E-state index in [1.54, 1.807) is 0 Å². The Hall–Kier alpha value is -1.17. The molecule has 0 aromatic carbocycles. The Labute approximate surface area is 102 Å². The molecular weight excluding hydrogens is 274 g/mol. The lowest BCUT2D eigenvalue weighted by atomic mass is 10.1. The van der Waals surface area contributed by atoms with Gasteiger partial charge in [-0.1, -0.05) is 22.9 Å². The van der Waals surface area contributed by atoms with Crippen LogP contribution in [0.4, 0.5) is 0 Å². The van der Waals surface area contributed by atoms with Crippen LogP contribution in [0.1, 0.15) is 24.3 Å². The van der Waals surface area contributed by atoms with Gasteiger partial charge >= 0.3 is 0 Å². The number of alkyl halides is 1. The van der Waals surface area contributed by atoms with Crippen LogP contribution in [0, 0.1) is 5.92 Å². The number of carbonyl (C=O) groups is 1. The number of aromatic amines is 1. The molecule has 0 aliphatic heterocycles. The third-order valence-electron chi connectivity index (χ3n) is 2.37. The molecule has 1 heterocycles. The van der Waals surface area contributed by atoms with E-state index in [0.717, 1.165) is 5.33 Å². The van der Waals surface area contributed by atoms with E-state index in [2.05, 4.69) is 31.4 Å². The third kappa shape index (κ3) is 3.44. The molecule has 2 unspecified atom stereocenters. The predicted octanol–water partition coefficient (Wildman–Crippen LogP) is 0.919. The Bertz CT molecular complexity index is 398. The molecule has 1 aromatic heterocycles. The van der Waals surface area contributed by atoms with E-state index in [-0.39, 0.29) is 23.2 Å². The number of carbonyl (C=O) groups excluding carboxylic acids is 1. The fraction of sp³-hybridized carbons (Fsp3) is 0.500. The maximum absolute atomic E-state index is 11.7. The van der Waals surface area contributed by atoms with E-state index < -0.39 is 0 Å². The van der Waals surface area contributed by atoms with Crippen molar-refractivity contribution in [3.63, 3.8) is 0 Å². The van der Waals surface area contributed by atoms with Gasteiger partial charge in [0.2, 0.25) is 0 Å². The summed E-state index contributed by atoms with van der Waals surface area (Å²) >= 11 is 3.36. The fourth-order valence-electron chi connectivity index (χ4n) is 1.03. The Morgan fingerprint density at radius 3 is 2.75 bits per heavy atom. The number of halogens is 1. The number of nitrogens with zero attached hydrogens (tertiary/aromatic N) is 1. The molecule has 0 spiro atoms. The number of rotatable bonds is 4. The molecule has 2 atom stereocenters. The molecule has 1 aromatic rings. The molecular formula is C10H14BrN3O2. The molecule has 0 radical (unpaired) electrons. The van der Waals surface area contributed by atoms with Gasteiger partial charge in [-0.2, -0.15) is 5.10 Å². The maximum Gasteiger partial charge on any atom is 0.271 e. The van der Waals surface area contributed by atoms with Crippen LogP contribution in [0.3, 0.4) is 0 Å². The number of amides is 1. The smallest absolute Gasteiger partial charge is 0.271 e. The minimum absolute atomic E-state index is 0.0422. The van der Waals surface area contributed by atoms with Crippen LogP contribution in [0.2, 0.25) is 0 Å². The van der Waals surface area contributed by atoms with Crippen molar-refractivity contribution in [2.75, 3.05) is 5.33 Å². The third-order valence-corrected chi connectivity index (χ3v) is 3.39. The first-order valence-electron chi connectivity index (χ1n) is 4.97. The molecule has 0 bridgehead atoms. The Morgan fingerprint density at radius 1 is 1.56 bits per heavy atom. The number of nitrogens with one attached hydrogen (secondary N) is 2. The standard InChI is InChI=1S/C10H14BrN3O2/c1-6(5-11)7(2)12-10(16)8-3-4-9(15)14-13-8/h3-4,6-7H,5H2,1-2H3,(H,12,16)(H,14,15). The van der Waals surface area contributed by atoms with Crippen LogP contribution in [0.5, 0.6) is 0 Å². The molecule has 6 heteroatoms. The van der Waals surface area contributed by atoms with Gasteiger partial charge in [-0.15, -0.1) is 0 Å². The zero-order chi connectivity index (χ0) is 12.1.